The monoisotopic (exact) mass is 793 g/mol. The van der Waals surface area contributed by atoms with Crippen molar-refractivity contribution in [3.63, 3.8) is 0 Å². The van der Waals surface area contributed by atoms with Crippen molar-refractivity contribution in [1.29, 1.82) is 0 Å². The zero-order chi connectivity index (χ0) is 41.0. The standard InChI is InChI=1S/C57H35N3O2/c1-4-12-36(13-5-1)38-22-24-40(25-23-38)43-30-32-49-47(34-43)53-45(18-10-20-51(53)61-49)44-31-33-50-48(35-44)54-46(19-11-21-52(54)62-50)57-59-55(41-16-8-3-9-17-41)58-56(60-57)42-28-26-39(27-29-42)37-14-6-2-7-15-37/h1-35H. The summed E-state index contributed by atoms with van der Waals surface area (Å²) in [6.07, 6.45) is 0. The lowest BCUT2D eigenvalue weighted by Gasteiger charge is -2.10. The lowest BCUT2D eigenvalue weighted by Crippen LogP contribution is -2.00. The van der Waals surface area contributed by atoms with Crippen LogP contribution in [0.1, 0.15) is 0 Å². The van der Waals surface area contributed by atoms with Crippen LogP contribution < -0.4 is 0 Å². The van der Waals surface area contributed by atoms with E-state index < -0.39 is 0 Å². The van der Waals surface area contributed by atoms with Gasteiger partial charge in [-0.2, -0.15) is 0 Å². The lowest BCUT2D eigenvalue weighted by molar-refractivity contribution is 0.669. The molecular weight excluding hydrogens is 759 g/mol. The molecule has 0 saturated carbocycles. The highest BCUT2D eigenvalue weighted by Crippen LogP contribution is 2.42. The summed E-state index contributed by atoms with van der Waals surface area (Å²) in [5.74, 6) is 1.78. The summed E-state index contributed by atoms with van der Waals surface area (Å²) in [5, 5.41) is 4.07. The van der Waals surface area contributed by atoms with Crippen molar-refractivity contribution < 1.29 is 8.83 Å². The molecule has 3 heterocycles. The molecule has 0 unspecified atom stereocenters. The fraction of sp³-hybridized carbons (Fsp3) is 0. The number of nitrogens with zero attached hydrogens (tertiary/aromatic N) is 3. The second-order valence-corrected chi connectivity index (χ2v) is 15.5. The first-order chi connectivity index (χ1) is 30.7. The molecule has 0 fully saturated rings. The summed E-state index contributed by atoms with van der Waals surface area (Å²) < 4.78 is 13.0. The van der Waals surface area contributed by atoms with Gasteiger partial charge in [0.05, 0.1) is 0 Å². The van der Waals surface area contributed by atoms with Crippen LogP contribution in [0.4, 0.5) is 0 Å². The average Bonchev–Trinajstić information content (AvgIpc) is 3.93. The number of fused-ring (bicyclic) bond motifs is 6. The van der Waals surface area contributed by atoms with Crippen LogP contribution >= 0.6 is 0 Å². The smallest absolute Gasteiger partial charge is 0.164 e. The second kappa shape index (κ2) is 14.7. The van der Waals surface area contributed by atoms with E-state index in [1.165, 1.54) is 11.1 Å². The topological polar surface area (TPSA) is 65.0 Å². The summed E-state index contributed by atoms with van der Waals surface area (Å²) >= 11 is 0. The Morgan fingerprint density at radius 3 is 1.16 bits per heavy atom. The molecule has 3 aromatic heterocycles. The van der Waals surface area contributed by atoms with Crippen LogP contribution in [-0.2, 0) is 0 Å². The van der Waals surface area contributed by atoms with E-state index in [1.54, 1.807) is 0 Å². The third-order valence-corrected chi connectivity index (χ3v) is 11.8. The van der Waals surface area contributed by atoms with Crippen LogP contribution in [-0.4, -0.2) is 15.0 Å². The Morgan fingerprint density at radius 2 is 0.613 bits per heavy atom. The highest BCUT2D eigenvalue weighted by atomic mass is 16.3. The summed E-state index contributed by atoms with van der Waals surface area (Å²) in [6, 6.07) is 73.4. The molecule has 0 bridgehead atoms. The number of furan rings is 2. The van der Waals surface area contributed by atoms with Gasteiger partial charge in [-0.05, 0) is 80.9 Å². The van der Waals surface area contributed by atoms with E-state index in [0.29, 0.717) is 17.5 Å². The molecule has 5 nitrogen and oxygen atoms in total. The van der Waals surface area contributed by atoms with Crippen molar-refractivity contribution >= 4 is 43.9 Å². The number of hydrogen-bond donors (Lipinski definition) is 0. The third-order valence-electron chi connectivity index (χ3n) is 11.8. The van der Waals surface area contributed by atoms with Crippen LogP contribution in [0, 0.1) is 0 Å². The van der Waals surface area contributed by atoms with E-state index in [0.717, 1.165) is 93.9 Å². The zero-order valence-electron chi connectivity index (χ0n) is 33.4. The highest BCUT2D eigenvalue weighted by Gasteiger charge is 2.20. The Morgan fingerprint density at radius 1 is 0.242 bits per heavy atom. The summed E-state index contributed by atoms with van der Waals surface area (Å²) in [5.41, 5.74) is 15.0. The predicted octanol–water partition coefficient (Wildman–Crippen LogP) is 15.3. The van der Waals surface area contributed by atoms with Crippen molar-refractivity contribution in [1.82, 2.24) is 15.0 Å². The molecule has 0 aliphatic rings. The SMILES string of the molecule is c1ccc(-c2ccc(-c3ccc4oc5cccc(-c6ccc7oc8cccc(-c9nc(-c%10ccccc%10)nc(-c%10ccc(-c%11ccccc%11)cc%10)n9)c8c7c6)c5c4c3)cc2)cc1. The Bertz CT molecular complexity index is 3600. The molecule has 0 amide bonds. The Kier molecular flexibility index (Phi) is 8.42. The first-order valence-corrected chi connectivity index (χ1v) is 20.7. The van der Waals surface area contributed by atoms with Crippen molar-refractivity contribution in [2.24, 2.45) is 0 Å². The number of rotatable bonds is 7. The van der Waals surface area contributed by atoms with Crippen molar-refractivity contribution in [3.8, 4) is 78.7 Å². The minimum absolute atomic E-state index is 0.576. The van der Waals surface area contributed by atoms with Gasteiger partial charge in [-0.25, -0.2) is 15.0 Å². The Balaban J connectivity index is 0.983. The molecule has 12 rings (SSSR count). The van der Waals surface area contributed by atoms with Crippen LogP contribution in [0.5, 0.6) is 0 Å². The van der Waals surface area contributed by atoms with Gasteiger partial charge in [-0.1, -0.05) is 176 Å². The number of benzene rings is 9. The van der Waals surface area contributed by atoms with Crippen LogP contribution in [0.3, 0.4) is 0 Å². The molecule has 0 aliphatic heterocycles. The van der Waals surface area contributed by atoms with Gasteiger partial charge in [-0.15, -0.1) is 0 Å². The van der Waals surface area contributed by atoms with E-state index >= 15 is 0 Å². The Labute approximate surface area is 357 Å². The largest absolute Gasteiger partial charge is 0.456 e. The molecule has 290 valence electrons. The number of aromatic nitrogens is 3. The van der Waals surface area contributed by atoms with Gasteiger partial charge in [0.25, 0.3) is 0 Å². The summed E-state index contributed by atoms with van der Waals surface area (Å²) in [7, 11) is 0. The van der Waals surface area contributed by atoms with Gasteiger partial charge in [0.15, 0.2) is 17.5 Å². The second-order valence-electron chi connectivity index (χ2n) is 15.5. The maximum absolute atomic E-state index is 6.54. The molecular formula is C57H35N3O2. The predicted molar refractivity (Wildman–Crippen MR) is 252 cm³/mol. The van der Waals surface area contributed by atoms with E-state index in [9.17, 15) is 0 Å². The quantitative estimate of drug-likeness (QED) is 0.161. The molecule has 0 N–H and O–H groups in total. The molecule has 62 heavy (non-hydrogen) atoms. The molecule has 0 spiro atoms. The minimum atomic E-state index is 0.576. The summed E-state index contributed by atoms with van der Waals surface area (Å²) in [4.78, 5) is 15.3. The van der Waals surface area contributed by atoms with Gasteiger partial charge < -0.3 is 8.83 Å². The van der Waals surface area contributed by atoms with E-state index in [1.807, 2.05) is 54.6 Å². The van der Waals surface area contributed by atoms with Gasteiger partial charge in [0, 0.05) is 38.2 Å². The van der Waals surface area contributed by atoms with Gasteiger partial charge in [0.2, 0.25) is 0 Å². The van der Waals surface area contributed by atoms with E-state index in [2.05, 4.69) is 158 Å². The lowest BCUT2D eigenvalue weighted by atomic mass is 9.95. The van der Waals surface area contributed by atoms with Gasteiger partial charge in [-0.3, -0.25) is 0 Å². The van der Waals surface area contributed by atoms with Crippen LogP contribution in [0.2, 0.25) is 0 Å². The van der Waals surface area contributed by atoms with E-state index in [-0.39, 0.29) is 0 Å². The first-order valence-electron chi connectivity index (χ1n) is 20.7. The van der Waals surface area contributed by atoms with E-state index in [4.69, 9.17) is 23.8 Å². The fourth-order valence-electron chi connectivity index (χ4n) is 8.70. The maximum Gasteiger partial charge on any atom is 0.164 e. The maximum atomic E-state index is 6.54. The van der Waals surface area contributed by atoms with Crippen LogP contribution in [0.15, 0.2) is 221 Å². The molecule has 5 heteroatoms. The van der Waals surface area contributed by atoms with Crippen molar-refractivity contribution in [2.45, 2.75) is 0 Å². The highest BCUT2D eigenvalue weighted by molar-refractivity contribution is 6.16. The molecule has 0 atom stereocenters. The molecule has 0 saturated heterocycles. The van der Waals surface area contributed by atoms with Crippen LogP contribution in [0.25, 0.3) is 123 Å². The molecule has 9 aromatic carbocycles. The minimum Gasteiger partial charge on any atom is -0.456 e. The Hall–Kier alpha value is -8.41. The van der Waals surface area contributed by atoms with Gasteiger partial charge >= 0.3 is 0 Å². The fourth-order valence-corrected chi connectivity index (χ4v) is 8.70. The average molecular weight is 794 g/mol. The zero-order valence-corrected chi connectivity index (χ0v) is 33.4. The van der Waals surface area contributed by atoms with Crippen molar-refractivity contribution in [2.75, 3.05) is 0 Å². The molecule has 0 radical (unpaired) electrons. The third kappa shape index (κ3) is 6.23. The number of hydrogen-bond acceptors (Lipinski definition) is 5. The summed E-state index contributed by atoms with van der Waals surface area (Å²) in [6.45, 7) is 0. The molecule has 12 aromatic rings. The normalized spacial score (nSPS) is 11.5. The van der Waals surface area contributed by atoms with Crippen molar-refractivity contribution in [3.05, 3.63) is 212 Å². The molecule has 0 aliphatic carbocycles. The van der Waals surface area contributed by atoms with Gasteiger partial charge in [0.1, 0.15) is 22.3 Å². The first kappa shape index (κ1) is 35.5.